The number of ether oxygens (including phenoxy) is 2. The van der Waals surface area contributed by atoms with Gasteiger partial charge in [0.1, 0.15) is 11.5 Å². The molecule has 0 aromatic heterocycles. The average Bonchev–Trinajstić information content (AvgIpc) is 2.80. The Labute approximate surface area is 187 Å². The van der Waals surface area contributed by atoms with Crippen molar-refractivity contribution < 1.29 is 19.1 Å². The second-order valence-electron chi connectivity index (χ2n) is 7.10. The zero-order valence-corrected chi connectivity index (χ0v) is 18.2. The molecule has 0 radical (unpaired) electrons. The van der Waals surface area contributed by atoms with E-state index in [4.69, 9.17) is 9.47 Å². The van der Waals surface area contributed by atoms with Crippen molar-refractivity contribution in [2.45, 2.75) is 13.8 Å². The smallest absolute Gasteiger partial charge is 0.271 e. The molecule has 3 rings (SSSR count). The van der Waals surface area contributed by atoms with Crippen molar-refractivity contribution >= 4 is 23.7 Å². The number of rotatable bonds is 8. The molecule has 164 valence electrons. The standard InChI is InChI=1S/C25H25N3O4/c1-17-11-12-21(13-18(17)2)27-24(29)16-32-23-10-5-4-7-20(23)15-26-28-25(30)19-8-6-9-22(14-19)31-3/h4-15H,16H2,1-3H3,(H,27,29)(H,28,30)/b26-15+. The lowest BCUT2D eigenvalue weighted by Gasteiger charge is -2.10. The molecule has 0 aliphatic rings. The highest BCUT2D eigenvalue weighted by atomic mass is 16.5. The number of hydrazone groups is 1. The molecule has 0 aliphatic carbocycles. The number of methoxy groups -OCH3 is 1. The number of amides is 2. The van der Waals surface area contributed by atoms with Gasteiger partial charge in [-0.15, -0.1) is 0 Å². The van der Waals surface area contributed by atoms with Gasteiger partial charge in [-0.1, -0.05) is 24.3 Å². The molecule has 0 unspecified atom stereocenters. The number of carbonyl (C=O) groups excluding carboxylic acids is 2. The molecule has 0 spiro atoms. The molecule has 3 aromatic carbocycles. The summed E-state index contributed by atoms with van der Waals surface area (Å²) in [6.45, 7) is 3.85. The summed E-state index contributed by atoms with van der Waals surface area (Å²) >= 11 is 0. The first-order valence-corrected chi connectivity index (χ1v) is 10.0. The maximum absolute atomic E-state index is 12.3. The van der Waals surface area contributed by atoms with Crippen molar-refractivity contribution in [3.63, 3.8) is 0 Å². The topological polar surface area (TPSA) is 89.0 Å². The molecule has 0 bridgehead atoms. The minimum absolute atomic E-state index is 0.159. The predicted molar refractivity (Wildman–Crippen MR) is 125 cm³/mol. The van der Waals surface area contributed by atoms with Gasteiger partial charge in [-0.3, -0.25) is 9.59 Å². The van der Waals surface area contributed by atoms with Crippen LogP contribution in [0.4, 0.5) is 5.69 Å². The van der Waals surface area contributed by atoms with Crippen LogP contribution in [0.1, 0.15) is 27.0 Å². The van der Waals surface area contributed by atoms with Crippen LogP contribution in [0.25, 0.3) is 0 Å². The summed E-state index contributed by atoms with van der Waals surface area (Å²) in [6.07, 6.45) is 1.47. The maximum atomic E-state index is 12.3. The molecule has 32 heavy (non-hydrogen) atoms. The Morgan fingerprint density at radius 3 is 2.56 bits per heavy atom. The molecule has 0 atom stereocenters. The van der Waals surface area contributed by atoms with Crippen LogP contribution in [0.3, 0.4) is 0 Å². The third-order valence-electron chi connectivity index (χ3n) is 4.77. The summed E-state index contributed by atoms with van der Waals surface area (Å²) in [4.78, 5) is 24.5. The highest BCUT2D eigenvalue weighted by molar-refractivity contribution is 5.95. The fraction of sp³-hybridized carbons (Fsp3) is 0.160. The third kappa shape index (κ3) is 6.18. The van der Waals surface area contributed by atoms with Crippen molar-refractivity contribution in [3.05, 3.63) is 89.0 Å². The minimum Gasteiger partial charge on any atom is -0.497 e. The minimum atomic E-state index is -0.369. The van der Waals surface area contributed by atoms with E-state index in [1.807, 2.05) is 38.1 Å². The van der Waals surface area contributed by atoms with Crippen molar-refractivity contribution in [2.24, 2.45) is 5.10 Å². The first-order valence-electron chi connectivity index (χ1n) is 10.0. The third-order valence-corrected chi connectivity index (χ3v) is 4.77. The Morgan fingerprint density at radius 1 is 0.969 bits per heavy atom. The van der Waals surface area contributed by atoms with E-state index in [1.54, 1.807) is 42.5 Å². The molecule has 2 N–H and O–H groups in total. The van der Waals surface area contributed by atoms with Gasteiger partial charge in [-0.25, -0.2) is 5.43 Å². The van der Waals surface area contributed by atoms with Crippen molar-refractivity contribution in [1.82, 2.24) is 5.43 Å². The van der Waals surface area contributed by atoms with Crippen LogP contribution in [0.5, 0.6) is 11.5 Å². The fourth-order valence-electron chi connectivity index (χ4n) is 2.87. The number of anilines is 1. The number of benzene rings is 3. The normalized spacial score (nSPS) is 10.6. The summed E-state index contributed by atoms with van der Waals surface area (Å²) in [5.74, 6) is 0.416. The number of aryl methyl sites for hydroxylation is 2. The molecule has 3 aromatic rings. The van der Waals surface area contributed by atoms with E-state index in [1.165, 1.54) is 13.3 Å². The number of carbonyl (C=O) groups is 2. The van der Waals surface area contributed by atoms with E-state index in [2.05, 4.69) is 15.8 Å². The number of nitrogens with one attached hydrogen (secondary N) is 2. The maximum Gasteiger partial charge on any atom is 0.271 e. The van der Waals surface area contributed by atoms with Gasteiger partial charge in [0, 0.05) is 16.8 Å². The lowest BCUT2D eigenvalue weighted by molar-refractivity contribution is -0.118. The SMILES string of the molecule is COc1cccc(C(=O)N/N=C/c2ccccc2OCC(=O)Nc2ccc(C)c(C)c2)c1. The first kappa shape index (κ1) is 22.6. The van der Waals surface area contributed by atoms with Gasteiger partial charge in [-0.05, 0) is 67.4 Å². The quantitative estimate of drug-likeness (QED) is 0.415. The van der Waals surface area contributed by atoms with Crippen LogP contribution in [-0.4, -0.2) is 31.7 Å². The molecule has 0 saturated carbocycles. The fourth-order valence-corrected chi connectivity index (χ4v) is 2.87. The van der Waals surface area contributed by atoms with E-state index in [0.29, 0.717) is 22.6 Å². The number of hydrogen-bond acceptors (Lipinski definition) is 5. The zero-order valence-electron chi connectivity index (χ0n) is 18.2. The Hall–Kier alpha value is -4.13. The van der Waals surface area contributed by atoms with Gasteiger partial charge in [0.2, 0.25) is 0 Å². The Kier molecular flexibility index (Phi) is 7.59. The molecular weight excluding hydrogens is 406 g/mol. The van der Waals surface area contributed by atoms with Gasteiger partial charge in [0.05, 0.1) is 13.3 Å². The molecule has 0 aliphatic heterocycles. The van der Waals surface area contributed by atoms with Crippen molar-refractivity contribution in [3.8, 4) is 11.5 Å². The van der Waals surface area contributed by atoms with Crippen LogP contribution in [-0.2, 0) is 4.79 Å². The Bertz CT molecular complexity index is 1140. The van der Waals surface area contributed by atoms with E-state index in [-0.39, 0.29) is 18.4 Å². The molecule has 2 amide bonds. The molecule has 0 saturated heterocycles. The second kappa shape index (κ2) is 10.8. The average molecular weight is 431 g/mol. The molecule has 0 fully saturated rings. The number of hydrogen-bond donors (Lipinski definition) is 2. The number of nitrogens with zero attached hydrogens (tertiary/aromatic N) is 1. The van der Waals surface area contributed by atoms with Gasteiger partial charge >= 0.3 is 0 Å². The van der Waals surface area contributed by atoms with Crippen LogP contribution in [0.15, 0.2) is 71.8 Å². The first-order chi connectivity index (χ1) is 15.5. The second-order valence-corrected chi connectivity index (χ2v) is 7.10. The van der Waals surface area contributed by atoms with E-state index in [0.717, 1.165) is 16.8 Å². The molecule has 7 heteroatoms. The predicted octanol–water partition coefficient (Wildman–Crippen LogP) is 4.09. The van der Waals surface area contributed by atoms with Crippen LogP contribution in [0.2, 0.25) is 0 Å². The van der Waals surface area contributed by atoms with Crippen molar-refractivity contribution in [1.29, 1.82) is 0 Å². The van der Waals surface area contributed by atoms with Crippen molar-refractivity contribution in [2.75, 3.05) is 19.0 Å². The lowest BCUT2D eigenvalue weighted by atomic mass is 10.1. The lowest BCUT2D eigenvalue weighted by Crippen LogP contribution is -2.20. The van der Waals surface area contributed by atoms with Crippen LogP contribution in [0, 0.1) is 13.8 Å². The van der Waals surface area contributed by atoms with E-state index in [9.17, 15) is 9.59 Å². The zero-order chi connectivity index (χ0) is 22.9. The van der Waals surface area contributed by atoms with Gasteiger partial charge in [0.15, 0.2) is 6.61 Å². The van der Waals surface area contributed by atoms with Crippen LogP contribution >= 0.6 is 0 Å². The molecule has 7 nitrogen and oxygen atoms in total. The highest BCUT2D eigenvalue weighted by Gasteiger charge is 2.08. The van der Waals surface area contributed by atoms with Gasteiger partial charge < -0.3 is 14.8 Å². The number of para-hydroxylation sites is 1. The Balaban J connectivity index is 1.58. The van der Waals surface area contributed by atoms with Gasteiger partial charge in [-0.2, -0.15) is 5.10 Å². The largest absolute Gasteiger partial charge is 0.497 e. The summed E-state index contributed by atoms with van der Waals surface area (Å²) in [6, 6.07) is 19.6. The Morgan fingerprint density at radius 2 is 1.78 bits per heavy atom. The van der Waals surface area contributed by atoms with Crippen LogP contribution < -0.4 is 20.2 Å². The molecule has 0 heterocycles. The highest BCUT2D eigenvalue weighted by Crippen LogP contribution is 2.17. The summed E-state index contributed by atoms with van der Waals surface area (Å²) in [5, 5.41) is 6.82. The van der Waals surface area contributed by atoms with E-state index < -0.39 is 0 Å². The summed E-state index contributed by atoms with van der Waals surface area (Å²) < 4.78 is 10.8. The van der Waals surface area contributed by atoms with Gasteiger partial charge in [0.25, 0.3) is 11.8 Å². The monoisotopic (exact) mass is 431 g/mol. The van der Waals surface area contributed by atoms with E-state index >= 15 is 0 Å². The summed E-state index contributed by atoms with van der Waals surface area (Å²) in [7, 11) is 1.54. The molecular formula is C25H25N3O4. The summed E-state index contributed by atoms with van der Waals surface area (Å²) in [5.41, 5.74) is 6.50.